The molecule has 5 nitrogen and oxygen atoms in total. The quantitative estimate of drug-likeness (QED) is 0.801. The van der Waals surface area contributed by atoms with Crippen LogP contribution in [-0.4, -0.2) is 22.6 Å². The van der Waals surface area contributed by atoms with Crippen LogP contribution in [0, 0.1) is 11.3 Å². The highest BCUT2D eigenvalue weighted by atomic mass is 16.1. The van der Waals surface area contributed by atoms with Crippen LogP contribution >= 0.6 is 0 Å². The lowest BCUT2D eigenvalue weighted by Crippen LogP contribution is -2.32. The van der Waals surface area contributed by atoms with E-state index in [1.165, 1.54) is 0 Å². The number of H-pyrrole nitrogens is 1. The SMILES string of the molecule is CC(C)(C)CC(CN)C(=O)Nc1ccc2[nH]ncc2c1. The molecule has 0 radical (unpaired) electrons. The maximum absolute atomic E-state index is 12.3. The average molecular weight is 274 g/mol. The van der Waals surface area contributed by atoms with Gasteiger partial charge in [0.25, 0.3) is 0 Å². The highest BCUT2D eigenvalue weighted by molar-refractivity contribution is 5.95. The largest absolute Gasteiger partial charge is 0.330 e. The van der Waals surface area contributed by atoms with Crippen molar-refractivity contribution in [3.05, 3.63) is 24.4 Å². The van der Waals surface area contributed by atoms with Crippen LogP contribution in [0.2, 0.25) is 0 Å². The van der Waals surface area contributed by atoms with E-state index in [2.05, 4.69) is 36.3 Å². The summed E-state index contributed by atoms with van der Waals surface area (Å²) in [6.07, 6.45) is 2.50. The van der Waals surface area contributed by atoms with Crippen molar-refractivity contribution < 1.29 is 4.79 Å². The monoisotopic (exact) mass is 274 g/mol. The van der Waals surface area contributed by atoms with Crippen molar-refractivity contribution in [1.82, 2.24) is 10.2 Å². The summed E-state index contributed by atoms with van der Waals surface area (Å²) < 4.78 is 0. The first-order valence-corrected chi connectivity index (χ1v) is 6.83. The fourth-order valence-corrected chi connectivity index (χ4v) is 2.29. The number of carbonyl (C=O) groups is 1. The van der Waals surface area contributed by atoms with E-state index in [4.69, 9.17) is 5.73 Å². The second-order valence-electron chi connectivity index (χ2n) is 6.36. The van der Waals surface area contributed by atoms with Crippen LogP contribution in [0.5, 0.6) is 0 Å². The van der Waals surface area contributed by atoms with Crippen molar-refractivity contribution in [3.8, 4) is 0 Å². The molecule has 1 aromatic carbocycles. The van der Waals surface area contributed by atoms with Crippen LogP contribution in [0.3, 0.4) is 0 Å². The highest BCUT2D eigenvalue weighted by Crippen LogP contribution is 2.25. The first-order chi connectivity index (χ1) is 9.39. The molecule has 0 aliphatic heterocycles. The van der Waals surface area contributed by atoms with Gasteiger partial charge in [0.05, 0.1) is 17.6 Å². The molecule has 1 heterocycles. The number of hydrogen-bond acceptors (Lipinski definition) is 3. The van der Waals surface area contributed by atoms with Gasteiger partial charge in [-0.3, -0.25) is 9.89 Å². The summed E-state index contributed by atoms with van der Waals surface area (Å²) in [7, 11) is 0. The van der Waals surface area contributed by atoms with Gasteiger partial charge in [-0.25, -0.2) is 0 Å². The second-order valence-corrected chi connectivity index (χ2v) is 6.36. The van der Waals surface area contributed by atoms with Gasteiger partial charge in [0, 0.05) is 17.6 Å². The Morgan fingerprint density at radius 2 is 2.20 bits per heavy atom. The van der Waals surface area contributed by atoms with Crippen molar-refractivity contribution in [1.29, 1.82) is 0 Å². The third-order valence-corrected chi connectivity index (χ3v) is 3.22. The lowest BCUT2D eigenvalue weighted by atomic mass is 9.84. The third-order valence-electron chi connectivity index (χ3n) is 3.22. The van der Waals surface area contributed by atoms with Gasteiger partial charge in [-0.1, -0.05) is 20.8 Å². The van der Waals surface area contributed by atoms with Crippen molar-refractivity contribution in [2.75, 3.05) is 11.9 Å². The maximum Gasteiger partial charge on any atom is 0.228 e. The maximum atomic E-state index is 12.3. The van der Waals surface area contributed by atoms with Crippen molar-refractivity contribution >= 4 is 22.5 Å². The van der Waals surface area contributed by atoms with Gasteiger partial charge in [-0.2, -0.15) is 5.10 Å². The van der Waals surface area contributed by atoms with Crippen LogP contribution in [-0.2, 0) is 4.79 Å². The molecule has 0 spiro atoms. The van der Waals surface area contributed by atoms with E-state index in [1.54, 1.807) is 6.20 Å². The highest BCUT2D eigenvalue weighted by Gasteiger charge is 2.23. The average Bonchev–Trinajstić information content (AvgIpc) is 2.82. The number of benzene rings is 1. The normalized spacial score (nSPS) is 13.4. The van der Waals surface area contributed by atoms with E-state index < -0.39 is 0 Å². The zero-order valence-corrected chi connectivity index (χ0v) is 12.2. The molecule has 1 atom stereocenters. The number of nitrogens with zero attached hydrogens (tertiary/aromatic N) is 1. The molecule has 5 heteroatoms. The molecular weight excluding hydrogens is 252 g/mol. The molecule has 0 saturated carbocycles. The Balaban J connectivity index is 2.09. The van der Waals surface area contributed by atoms with Gasteiger partial charge in [0.15, 0.2) is 0 Å². The molecular formula is C15H22N4O. The summed E-state index contributed by atoms with van der Waals surface area (Å²) in [5.41, 5.74) is 7.54. The van der Waals surface area contributed by atoms with Crippen LogP contribution in [0.4, 0.5) is 5.69 Å². The fourth-order valence-electron chi connectivity index (χ4n) is 2.29. The molecule has 20 heavy (non-hydrogen) atoms. The Morgan fingerprint density at radius 1 is 1.45 bits per heavy atom. The van der Waals surface area contributed by atoms with E-state index in [1.807, 2.05) is 18.2 Å². The molecule has 108 valence electrons. The summed E-state index contributed by atoms with van der Waals surface area (Å²) in [4.78, 5) is 12.3. The molecule has 2 rings (SSSR count). The minimum atomic E-state index is -0.171. The number of hydrogen-bond donors (Lipinski definition) is 3. The number of nitrogens with two attached hydrogens (primary N) is 1. The fraction of sp³-hybridized carbons (Fsp3) is 0.467. The van der Waals surface area contributed by atoms with Gasteiger partial charge < -0.3 is 11.1 Å². The third kappa shape index (κ3) is 3.57. The Bertz CT molecular complexity index is 597. The van der Waals surface area contributed by atoms with E-state index >= 15 is 0 Å². The zero-order valence-electron chi connectivity index (χ0n) is 12.2. The summed E-state index contributed by atoms with van der Waals surface area (Å²) in [5, 5.41) is 10.8. The molecule has 1 aromatic heterocycles. The molecule has 0 saturated heterocycles. The van der Waals surface area contributed by atoms with Gasteiger partial charge in [-0.05, 0) is 30.0 Å². The Morgan fingerprint density at radius 3 is 2.85 bits per heavy atom. The minimum absolute atomic E-state index is 0.0229. The molecule has 0 bridgehead atoms. The number of amides is 1. The predicted molar refractivity (Wildman–Crippen MR) is 81.3 cm³/mol. The van der Waals surface area contributed by atoms with Crippen LogP contribution in [0.1, 0.15) is 27.2 Å². The first-order valence-electron chi connectivity index (χ1n) is 6.83. The molecule has 4 N–H and O–H groups in total. The number of rotatable bonds is 4. The van der Waals surface area contributed by atoms with Crippen LogP contribution in [0.15, 0.2) is 24.4 Å². The van der Waals surface area contributed by atoms with Gasteiger partial charge in [0.1, 0.15) is 0 Å². The Labute approximate surface area is 118 Å². The van der Waals surface area contributed by atoms with E-state index in [-0.39, 0.29) is 17.2 Å². The van der Waals surface area contributed by atoms with Gasteiger partial charge in [0.2, 0.25) is 5.91 Å². The minimum Gasteiger partial charge on any atom is -0.330 e. The van der Waals surface area contributed by atoms with Gasteiger partial charge in [-0.15, -0.1) is 0 Å². The summed E-state index contributed by atoms with van der Waals surface area (Å²) in [5.74, 6) is -0.194. The smallest absolute Gasteiger partial charge is 0.228 e. The Kier molecular flexibility index (Phi) is 4.09. The van der Waals surface area contributed by atoms with Crippen LogP contribution < -0.4 is 11.1 Å². The number of aromatic nitrogens is 2. The zero-order chi connectivity index (χ0) is 14.8. The summed E-state index contributed by atoms with van der Waals surface area (Å²) in [6.45, 7) is 6.69. The summed E-state index contributed by atoms with van der Waals surface area (Å²) in [6, 6.07) is 5.67. The number of fused-ring (bicyclic) bond motifs is 1. The molecule has 2 aromatic rings. The van der Waals surface area contributed by atoms with E-state index in [0.29, 0.717) is 6.54 Å². The topological polar surface area (TPSA) is 83.8 Å². The van der Waals surface area contributed by atoms with E-state index in [0.717, 1.165) is 23.0 Å². The van der Waals surface area contributed by atoms with Crippen molar-refractivity contribution in [2.24, 2.45) is 17.1 Å². The number of nitrogens with one attached hydrogen (secondary N) is 2. The molecule has 1 amide bonds. The number of aromatic amines is 1. The van der Waals surface area contributed by atoms with Crippen LogP contribution in [0.25, 0.3) is 10.9 Å². The standard InChI is InChI=1S/C15H22N4O/c1-15(2,3)7-11(8-16)14(20)18-12-4-5-13-10(6-12)9-17-19-13/h4-6,9,11H,7-8,16H2,1-3H3,(H,17,19)(H,18,20). The van der Waals surface area contributed by atoms with Crippen molar-refractivity contribution in [3.63, 3.8) is 0 Å². The summed E-state index contributed by atoms with van der Waals surface area (Å²) >= 11 is 0. The molecule has 0 aliphatic carbocycles. The predicted octanol–water partition coefficient (Wildman–Crippen LogP) is 2.51. The lowest BCUT2D eigenvalue weighted by molar-refractivity contribution is -0.120. The Hall–Kier alpha value is -1.88. The van der Waals surface area contributed by atoms with Crippen molar-refractivity contribution in [2.45, 2.75) is 27.2 Å². The lowest BCUT2D eigenvalue weighted by Gasteiger charge is -2.24. The molecule has 0 aliphatic rings. The number of anilines is 1. The van der Waals surface area contributed by atoms with E-state index in [9.17, 15) is 4.79 Å². The number of carbonyl (C=O) groups excluding carboxylic acids is 1. The first kappa shape index (κ1) is 14.5. The molecule has 0 fully saturated rings. The molecule has 1 unspecified atom stereocenters. The van der Waals surface area contributed by atoms with Gasteiger partial charge >= 0.3 is 0 Å². The second kappa shape index (κ2) is 5.63.